The van der Waals surface area contributed by atoms with Crippen LogP contribution < -0.4 is 0 Å². The molecule has 0 saturated carbocycles. The van der Waals surface area contributed by atoms with Crippen molar-refractivity contribution in [3.8, 4) is 0 Å². The number of hydrogen-bond donors (Lipinski definition) is 1. The molecule has 9 heavy (non-hydrogen) atoms. The van der Waals surface area contributed by atoms with Crippen molar-refractivity contribution in [3.63, 3.8) is 0 Å². The summed E-state index contributed by atoms with van der Waals surface area (Å²) < 4.78 is 0. The second-order valence-electron chi connectivity index (χ2n) is 2.70. The van der Waals surface area contributed by atoms with Crippen molar-refractivity contribution in [1.82, 2.24) is 4.90 Å². The second kappa shape index (κ2) is 1.99. The first-order valence-electron chi connectivity index (χ1n) is 3.06. The van der Waals surface area contributed by atoms with Gasteiger partial charge in [0.15, 0.2) is 0 Å². The summed E-state index contributed by atoms with van der Waals surface area (Å²) in [5.74, 6) is -0.372. The Balaban J connectivity index is 2.49. The lowest BCUT2D eigenvalue weighted by atomic mass is 9.92. The van der Waals surface area contributed by atoms with E-state index in [9.17, 15) is 4.79 Å². The summed E-state index contributed by atoms with van der Waals surface area (Å²) in [7, 11) is 1.83. The van der Waals surface area contributed by atoms with Crippen LogP contribution in [0.4, 0.5) is 0 Å². The zero-order valence-corrected chi connectivity index (χ0v) is 5.66. The van der Waals surface area contributed by atoms with Crippen LogP contribution in [0.15, 0.2) is 0 Å². The molecule has 0 radical (unpaired) electrons. The molecule has 0 aromatic carbocycles. The maximum Gasteiger partial charge on any atom is 0.321 e. The molecule has 3 nitrogen and oxygen atoms in total. The van der Waals surface area contributed by atoms with Gasteiger partial charge in [0.25, 0.3) is 0 Å². The van der Waals surface area contributed by atoms with Crippen LogP contribution in [0.1, 0.15) is 6.92 Å². The molecule has 3 heteroatoms. The van der Waals surface area contributed by atoms with E-state index in [1.165, 1.54) is 0 Å². The molecule has 1 fully saturated rings. The van der Waals surface area contributed by atoms with Gasteiger partial charge in [0.1, 0.15) is 6.04 Å². The van der Waals surface area contributed by atoms with Crippen molar-refractivity contribution in [3.05, 3.63) is 0 Å². The maximum absolute atomic E-state index is 10.4. The molecule has 0 aromatic rings. The van der Waals surface area contributed by atoms with Gasteiger partial charge in [-0.15, -0.1) is 0 Å². The first-order chi connectivity index (χ1) is 4.13. The highest BCUT2D eigenvalue weighted by molar-refractivity contribution is 5.75. The lowest BCUT2D eigenvalue weighted by Gasteiger charge is -2.40. The zero-order chi connectivity index (χ0) is 7.02. The van der Waals surface area contributed by atoms with Crippen molar-refractivity contribution < 1.29 is 9.90 Å². The van der Waals surface area contributed by atoms with E-state index in [4.69, 9.17) is 5.11 Å². The van der Waals surface area contributed by atoms with E-state index >= 15 is 0 Å². The predicted octanol–water partition coefficient (Wildman–Crippen LogP) is 0.0211. The highest BCUT2D eigenvalue weighted by Gasteiger charge is 2.38. The van der Waals surface area contributed by atoms with Gasteiger partial charge in [-0.05, 0) is 13.0 Å². The molecule has 0 bridgehead atoms. The largest absolute Gasteiger partial charge is 0.480 e. The molecule has 2 atom stereocenters. The molecule has 0 amide bonds. The molecule has 0 spiro atoms. The lowest BCUT2D eigenvalue weighted by Crippen LogP contribution is -2.56. The van der Waals surface area contributed by atoms with Crippen LogP contribution in [-0.2, 0) is 4.79 Å². The maximum atomic E-state index is 10.4. The van der Waals surface area contributed by atoms with Crippen LogP contribution in [0.25, 0.3) is 0 Å². The van der Waals surface area contributed by atoms with Crippen molar-refractivity contribution in [2.75, 3.05) is 13.6 Å². The van der Waals surface area contributed by atoms with Crippen LogP contribution in [0, 0.1) is 5.92 Å². The predicted molar refractivity (Wildman–Crippen MR) is 33.2 cm³/mol. The molecule has 1 unspecified atom stereocenters. The minimum absolute atomic E-state index is 0.231. The Labute approximate surface area is 54.3 Å². The number of hydrogen-bond acceptors (Lipinski definition) is 2. The first-order valence-corrected chi connectivity index (χ1v) is 3.06. The number of likely N-dealkylation sites (N-methyl/N-ethyl adjacent to an activating group) is 1. The third kappa shape index (κ3) is 0.920. The summed E-state index contributed by atoms with van der Waals surface area (Å²) in [6.45, 7) is 2.87. The van der Waals surface area contributed by atoms with Crippen molar-refractivity contribution in [1.29, 1.82) is 0 Å². The van der Waals surface area contributed by atoms with E-state index in [1.807, 2.05) is 18.9 Å². The Kier molecular flexibility index (Phi) is 1.45. The minimum atomic E-state index is -0.698. The van der Waals surface area contributed by atoms with Gasteiger partial charge in [-0.3, -0.25) is 9.69 Å². The molecule has 1 aliphatic rings. The Hall–Kier alpha value is -0.570. The zero-order valence-electron chi connectivity index (χ0n) is 5.66. The molecule has 1 rings (SSSR count). The fourth-order valence-electron chi connectivity index (χ4n) is 1.40. The number of carboxylic acid groups (broad SMARTS) is 1. The summed E-state index contributed by atoms with van der Waals surface area (Å²) in [4.78, 5) is 12.2. The number of aliphatic carboxylic acids is 1. The van der Waals surface area contributed by atoms with Crippen LogP contribution in [0.3, 0.4) is 0 Å². The summed E-state index contributed by atoms with van der Waals surface area (Å²) >= 11 is 0. The number of carboxylic acids is 1. The van der Waals surface area contributed by atoms with E-state index in [0.29, 0.717) is 5.92 Å². The second-order valence-corrected chi connectivity index (χ2v) is 2.70. The van der Waals surface area contributed by atoms with Gasteiger partial charge >= 0.3 is 5.97 Å². The van der Waals surface area contributed by atoms with Gasteiger partial charge in [-0.1, -0.05) is 6.92 Å². The molecule has 52 valence electrons. The van der Waals surface area contributed by atoms with E-state index < -0.39 is 5.97 Å². The lowest BCUT2D eigenvalue weighted by molar-refractivity contribution is -0.151. The van der Waals surface area contributed by atoms with E-state index in [0.717, 1.165) is 6.54 Å². The van der Waals surface area contributed by atoms with Crippen LogP contribution in [-0.4, -0.2) is 35.6 Å². The standard InChI is InChI=1S/C6H11NO2/c1-4-3-7(2)5(4)6(8)9/h4-5H,3H2,1-2H3,(H,8,9)/t4?,5-/m1/s1. The van der Waals surface area contributed by atoms with Crippen molar-refractivity contribution >= 4 is 5.97 Å². The molecule has 1 heterocycles. The van der Waals surface area contributed by atoms with Gasteiger partial charge in [0.05, 0.1) is 0 Å². The Morgan fingerprint density at radius 3 is 2.44 bits per heavy atom. The quantitative estimate of drug-likeness (QED) is 0.542. The summed E-state index contributed by atoms with van der Waals surface area (Å²) in [6.07, 6.45) is 0. The van der Waals surface area contributed by atoms with Gasteiger partial charge in [-0.25, -0.2) is 0 Å². The number of nitrogens with zero attached hydrogens (tertiary/aromatic N) is 1. The Morgan fingerprint density at radius 1 is 1.78 bits per heavy atom. The molecule has 1 N–H and O–H groups in total. The van der Waals surface area contributed by atoms with Gasteiger partial charge in [-0.2, -0.15) is 0 Å². The highest BCUT2D eigenvalue weighted by atomic mass is 16.4. The number of rotatable bonds is 1. The third-order valence-corrected chi connectivity index (χ3v) is 1.84. The topological polar surface area (TPSA) is 40.5 Å². The summed E-state index contributed by atoms with van der Waals surface area (Å²) in [6, 6.07) is -0.231. The van der Waals surface area contributed by atoms with Crippen LogP contribution in [0.5, 0.6) is 0 Å². The summed E-state index contributed by atoms with van der Waals surface area (Å²) in [5, 5.41) is 8.53. The first kappa shape index (κ1) is 6.55. The monoisotopic (exact) mass is 129 g/mol. The number of likely N-dealkylation sites (tertiary alicyclic amines) is 1. The van der Waals surface area contributed by atoms with Gasteiger partial charge < -0.3 is 5.11 Å². The average molecular weight is 129 g/mol. The van der Waals surface area contributed by atoms with Crippen LogP contribution in [0.2, 0.25) is 0 Å². The summed E-state index contributed by atoms with van der Waals surface area (Å²) in [5.41, 5.74) is 0. The molecule has 1 saturated heterocycles. The molecular weight excluding hydrogens is 118 g/mol. The van der Waals surface area contributed by atoms with Gasteiger partial charge in [0.2, 0.25) is 0 Å². The normalized spacial score (nSPS) is 35.8. The van der Waals surface area contributed by atoms with E-state index in [2.05, 4.69) is 0 Å². The third-order valence-electron chi connectivity index (χ3n) is 1.84. The highest BCUT2D eigenvalue weighted by Crippen LogP contribution is 2.21. The van der Waals surface area contributed by atoms with E-state index in [-0.39, 0.29) is 6.04 Å². The van der Waals surface area contributed by atoms with Crippen LogP contribution >= 0.6 is 0 Å². The molecule has 1 aliphatic heterocycles. The van der Waals surface area contributed by atoms with Crippen molar-refractivity contribution in [2.24, 2.45) is 5.92 Å². The molecular formula is C6H11NO2. The van der Waals surface area contributed by atoms with Gasteiger partial charge in [0, 0.05) is 6.54 Å². The Bertz CT molecular complexity index is 127. The molecule has 0 aromatic heterocycles. The molecule has 0 aliphatic carbocycles. The average Bonchev–Trinajstić information content (AvgIpc) is 1.62. The van der Waals surface area contributed by atoms with E-state index in [1.54, 1.807) is 0 Å². The minimum Gasteiger partial charge on any atom is -0.480 e. The smallest absolute Gasteiger partial charge is 0.321 e. The fraction of sp³-hybridized carbons (Fsp3) is 0.833. The number of carbonyl (C=O) groups is 1. The SMILES string of the molecule is CC1CN(C)[C@H]1C(=O)O. The Morgan fingerprint density at radius 2 is 2.33 bits per heavy atom. The van der Waals surface area contributed by atoms with Crippen molar-refractivity contribution in [2.45, 2.75) is 13.0 Å². The fourth-order valence-corrected chi connectivity index (χ4v) is 1.40.